The SMILES string of the molecule is Cn1cc(C=C2C(=O)N3C=CS[C@H]23)nn1. The summed E-state index contributed by atoms with van der Waals surface area (Å²) in [5.41, 5.74) is 1.53. The van der Waals surface area contributed by atoms with Crippen LogP contribution in [0.25, 0.3) is 6.08 Å². The number of carbonyl (C=O) groups is 1. The Hall–Kier alpha value is -1.56. The van der Waals surface area contributed by atoms with Crippen LogP contribution in [0.2, 0.25) is 0 Å². The molecule has 0 unspecified atom stereocenters. The van der Waals surface area contributed by atoms with E-state index in [1.165, 1.54) is 0 Å². The third-order valence-corrected chi connectivity index (χ3v) is 3.37. The van der Waals surface area contributed by atoms with Gasteiger partial charge in [-0.05, 0) is 11.5 Å². The first-order valence-electron chi connectivity index (χ1n) is 4.48. The van der Waals surface area contributed by atoms with Gasteiger partial charge in [-0.1, -0.05) is 5.21 Å². The van der Waals surface area contributed by atoms with Gasteiger partial charge in [-0.3, -0.25) is 14.4 Å². The largest absolute Gasteiger partial charge is 0.298 e. The summed E-state index contributed by atoms with van der Waals surface area (Å²) < 4.78 is 1.62. The van der Waals surface area contributed by atoms with Crippen molar-refractivity contribution in [2.75, 3.05) is 0 Å². The standard InChI is InChI=1S/C9H8N4OS/c1-12-5-6(10-11-12)4-7-8(14)13-2-3-15-9(7)13/h2-5,9H,1H3/t9-/m1/s1. The Balaban J connectivity index is 1.90. The molecule has 3 heterocycles. The van der Waals surface area contributed by atoms with Crippen molar-refractivity contribution < 1.29 is 4.79 Å². The molecule has 2 aliphatic rings. The quantitative estimate of drug-likeness (QED) is 0.513. The van der Waals surface area contributed by atoms with Crippen LogP contribution in [-0.2, 0) is 11.8 Å². The van der Waals surface area contributed by atoms with Crippen molar-refractivity contribution in [3.05, 3.63) is 29.1 Å². The first-order valence-corrected chi connectivity index (χ1v) is 5.43. The van der Waals surface area contributed by atoms with E-state index in [0.717, 1.165) is 11.3 Å². The number of rotatable bonds is 1. The first kappa shape index (κ1) is 8.72. The lowest BCUT2D eigenvalue weighted by molar-refractivity contribution is -0.130. The van der Waals surface area contributed by atoms with Crippen LogP contribution >= 0.6 is 11.8 Å². The minimum absolute atomic E-state index is 0.0619. The molecular weight excluding hydrogens is 212 g/mol. The fourth-order valence-corrected chi connectivity index (χ4v) is 2.59. The van der Waals surface area contributed by atoms with Gasteiger partial charge < -0.3 is 0 Å². The molecular formula is C9H8N4OS. The summed E-state index contributed by atoms with van der Waals surface area (Å²) in [6, 6.07) is 0. The van der Waals surface area contributed by atoms with Crippen molar-refractivity contribution in [3.8, 4) is 0 Å². The molecule has 0 spiro atoms. The first-order chi connectivity index (χ1) is 7.25. The second-order valence-corrected chi connectivity index (χ2v) is 4.39. The molecule has 1 amide bonds. The highest BCUT2D eigenvalue weighted by Gasteiger charge is 2.43. The van der Waals surface area contributed by atoms with Gasteiger partial charge in [-0.15, -0.1) is 16.9 Å². The molecule has 2 aliphatic heterocycles. The summed E-state index contributed by atoms with van der Waals surface area (Å²) in [6.07, 6.45) is 5.40. The number of hydrogen-bond donors (Lipinski definition) is 0. The van der Waals surface area contributed by atoms with E-state index in [2.05, 4.69) is 10.3 Å². The smallest absolute Gasteiger partial charge is 0.258 e. The normalized spacial score (nSPS) is 25.9. The summed E-state index contributed by atoms with van der Waals surface area (Å²) in [5.74, 6) is 0.0619. The summed E-state index contributed by atoms with van der Waals surface area (Å²) in [5, 5.41) is 9.82. The van der Waals surface area contributed by atoms with Crippen molar-refractivity contribution in [1.82, 2.24) is 19.9 Å². The molecule has 1 saturated heterocycles. The fourth-order valence-electron chi connectivity index (χ4n) is 1.63. The highest BCUT2D eigenvalue weighted by Crippen LogP contribution is 2.40. The van der Waals surface area contributed by atoms with E-state index in [-0.39, 0.29) is 11.3 Å². The molecule has 0 radical (unpaired) electrons. The van der Waals surface area contributed by atoms with E-state index in [9.17, 15) is 4.79 Å². The average Bonchev–Trinajstić information content (AvgIpc) is 2.80. The van der Waals surface area contributed by atoms with Crippen LogP contribution < -0.4 is 0 Å². The van der Waals surface area contributed by atoms with Gasteiger partial charge in [0.2, 0.25) is 0 Å². The fraction of sp³-hybridized carbons (Fsp3) is 0.222. The Kier molecular flexibility index (Phi) is 1.72. The van der Waals surface area contributed by atoms with Gasteiger partial charge in [0, 0.05) is 13.2 Å². The molecule has 1 fully saturated rings. The Morgan fingerprint density at radius 2 is 2.47 bits per heavy atom. The third kappa shape index (κ3) is 1.21. The molecule has 0 saturated carbocycles. The number of amides is 1. The van der Waals surface area contributed by atoms with E-state index in [1.807, 2.05) is 11.6 Å². The minimum atomic E-state index is 0.0619. The molecule has 3 rings (SSSR count). The Morgan fingerprint density at radius 3 is 3.20 bits per heavy atom. The zero-order chi connectivity index (χ0) is 10.4. The molecule has 0 aliphatic carbocycles. The van der Waals surface area contributed by atoms with E-state index in [4.69, 9.17) is 0 Å². The van der Waals surface area contributed by atoms with Crippen LogP contribution in [0.4, 0.5) is 0 Å². The third-order valence-electron chi connectivity index (χ3n) is 2.35. The molecule has 0 bridgehead atoms. The van der Waals surface area contributed by atoms with E-state index in [0.29, 0.717) is 0 Å². The van der Waals surface area contributed by atoms with Gasteiger partial charge in [-0.25, -0.2) is 0 Å². The van der Waals surface area contributed by atoms with Gasteiger partial charge in [0.05, 0.1) is 11.8 Å². The molecule has 6 heteroatoms. The number of β-lactam (4-membered cyclic amide) rings is 1. The molecule has 1 atom stereocenters. The summed E-state index contributed by atoms with van der Waals surface area (Å²) in [6.45, 7) is 0. The zero-order valence-corrected chi connectivity index (χ0v) is 8.81. The van der Waals surface area contributed by atoms with Crippen molar-refractivity contribution in [3.63, 3.8) is 0 Å². The van der Waals surface area contributed by atoms with Crippen molar-refractivity contribution >= 4 is 23.7 Å². The van der Waals surface area contributed by atoms with Crippen LogP contribution in [0.15, 0.2) is 23.4 Å². The maximum atomic E-state index is 11.6. The maximum absolute atomic E-state index is 11.6. The number of carbonyl (C=O) groups excluding carboxylic acids is 1. The highest BCUT2D eigenvalue weighted by atomic mass is 32.2. The topological polar surface area (TPSA) is 51.0 Å². The van der Waals surface area contributed by atoms with Gasteiger partial charge in [0.15, 0.2) is 0 Å². The Bertz CT molecular complexity index is 490. The monoisotopic (exact) mass is 220 g/mol. The van der Waals surface area contributed by atoms with Crippen LogP contribution in [0, 0.1) is 0 Å². The average molecular weight is 220 g/mol. The molecule has 76 valence electrons. The Morgan fingerprint density at radius 1 is 1.60 bits per heavy atom. The number of nitrogens with zero attached hydrogens (tertiary/aromatic N) is 4. The molecule has 1 aromatic rings. The second-order valence-electron chi connectivity index (χ2n) is 3.40. The Labute approximate surface area is 90.4 Å². The highest BCUT2D eigenvalue weighted by molar-refractivity contribution is 8.03. The van der Waals surface area contributed by atoms with E-state index in [1.54, 1.807) is 40.7 Å². The molecule has 1 aromatic heterocycles. The zero-order valence-electron chi connectivity index (χ0n) is 7.99. The lowest BCUT2D eigenvalue weighted by atomic mass is 10.1. The van der Waals surface area contributed by atoms with E-state index >= 15 is 0 Å². The lowest BCUT2D eigenvalue weighted by Gasteiger charge is -2.35. The summed E-state index contributed by atoms with van der Waals surface area (Å²) >= 11 is 1.63. The van der Waals surface area contributed by atoms with E-state index < -0.39 is 0 Å². The minimum Gasteiger partial charge on any atom is -0.298 e. The molecule has 0 N–H and O–H groups in total. The lowest BCUT2D eigenvalue weighted by Crippen LogP contribution is -2.47. The van der Waals surface area contributed by atoms with Gasteiger partial charge in [-0.2, -0.15) is 0 Å². The number of hydrogen-bond acceptors (Lipinski definition) is 4. The van der Waals surface area contributed by atoms with Crippen LogP contribution in [-0.4, -0.2) is 31.2 Å². The maximum Gasteiger partial charge on any atom is 0.258 e. The van der Waals surface area contributed by atoms with Crippen molar-refractivity contribution in [2.45, 2.75) is 5.37 Å². The van der Waals surface area contributed by atoms with Crippen LogP contribution in [0.1, 0.15) is 5.69 Å². The van der Waals surface area contributed by atoms with Crippen molar-refractivity contribution in [2.24, 2.45) is 7.05 Å². The van der Waals surface area contributed by atoms with Crippen molar-refractivity contribution in [1.29, 1.82) is 0 Å². The van der Waals surface area contributed by atoms with Gasteiger partial charge >= 0.3 is 0 Å². The molecule has 0 aromatic carbocycles. The number of fused-ring (bicyclic) bond motifs is 1. The summed E-state index contributed by atoms with van der Waals surface area (Å²) in [7, 11) is 1.80. The number of aryl methyl sites for hydroxylation is 1. The predicted octanol–water partition coefficient (Wildman–Crippen LogP) is 0.585. The number of thioether (sulfide) groups is 1. The molecule has 5 nitrogen and oxygen atoms in total. The van der Waals surface area contributed by atoms with Crippen LogP contribution in [0.3, 0.4) is 0 Å². The number of aromatic nitrogens is 3. The predicted molar refractivity (Wildman–Crippen MR) is 56.3 cm³/mol. The summed E-state index contributed by atoms with van der Waals surface area (Å²) in [4.78, 5) is 13.3. The molecule has 15 heavy (non-hydrogen) atoms. The second kappa shape index (κ2) is 2.96. The van der Waals surface area contributed by atoms with Crippen LogP contribution in [0.5, 0.6) is 0 Å². The van der Waals surface area contributed by atoms with Gasteiger partial charge in [0.25, 0.3) is 5.91 Å². The van der Waals surface area contributed by atoms with Gasteiger partial charge in [0.1, 0.15) is 11.1 Å².